The van der Waals surface area contributed by atoms with Crippen LogP contribution in [0.5, 0.6) is 0 Å². The lowest BCUT2D eigenvalue weighted by atomic mass is 10.1. The molecule has 0 spiro atoms. The fourth-order valence-corrected chi connectivity index (χ4v) is 4.49. The molecule has 1 aromatic heterocycles. The van der Waals surface area contributed by atoms with Gasteiger partial charge in [-0.1, -0.05) is 54.6 Å². The van der Waals surface area contributed by atoms with E-state index in [4.69, 9.17) is 0 Å². The van der Waals surface area contributed by atoms with E-state index < -0.39 is 0 Å². The second-order valence-corrected chi connectivity index (χ2v) is 7.02. The van der Waals surface area contributed by atoms with Gasteiger partial charge in [0.2, 0.25) is 0 Å². The number of fused-ring (bicyclic) bond motifs is 5. The molecule has 0 unspecified atom stereocenters. The van der Waals surface area contributed by atoms with Gasteiger partial charge in [0.15, 0.2) is 0 Å². The van der Waals surface area contributed by atoms with E-state index in [2.05, 4.69) is 72.0 Å². The molecule has 0 fully saturated rings. The van der Waals surface area contributed by atoms with Crippen LogP contribution in [-0.4, -0.2) is 0 Å². The highest BCUT2D eigenvalue weighted by Crippen LogP contribution is 2.39. The Labute approximate surface area is 144 Å². The summed E-state index contributed by atoms with van der Waals surface area (Å²) in [6, 6.07) is 30.0. The van der Waals surface area contributed by atoms with Crippen molar-refractivity contribution in [2.24, 2.45) is 0 Å². The zero-order valence-electron chi connectivity index (χ0n) is 13.0. The number of para-hydroxylation sites is 1. The van der Waals surface area contributed by atoms with E-state index in [9.17, 15) is 0 Å². The summed E-state index contributed by atoms with van der Waals surface area (Å²) in [5, 5.41) is 8.80. The van der Waals surface area contributed by atoms with Gasteiger partial charge in [-0.3, -0.25) is 0 Å². The van der Waals surface area contributed by atoms with Crippen LogP contribution in [0.2, 0.25) is 0 Å². The van der Waals surface area contributed by atoms with Gasteiger partial charge in [0.05, 0.1) is 0 Å². The van der Waals surface area contributed by atoms with Crippen LogP contribution < -0.4 is 5.32 Å². The summed E-state index contributed by atoms with van der Waals surface area (Å²) in [5.41, 5.74) is 2.24. The third-order valence-electron chi connectivity index (χ3n) is 4.42. The summed E-state index contributed by atoms with van der Waals surface area (Å²) >= 11 is 1.88. The monoisotopic (exact) mass is 325 g/mol. The summed E-state index contributed by atoms with van der Waals surface area (Å²) in [5.74, 6) is 0. The molecule has 2 heteroatoms. The summed E-state index contributed by atoms with van der Waals surface area (Å²) in [7, 11) is 0. The first kappa shape index (κ1) is 13.6. The molecule has 1 heterocycles. The maximum atomic E-state index is 3.49. The van der Waals surface area contributed by atoms with E-state index in [0.717, 1.165) is 11.4 Å². The van der Waals surface area contributed by atoms with E-state index in [0.29, 0.717) is 0 Å². The second kappa shape index (κ2) is 5.36. The molecule has 0 amide bonds. The quantitative estimate of drug-likeness (QED) is 0.370. The lowest BCUT2D eigenvalue weighted by Crippen LogP contribution is -1.88. The van der Waals surface area contributed by atoms with Gasteiger partial charge < -0.3 is 5.32 Å². The van der Waals surface area contributed by atoms with Crippen LogP contribution in [0, 0.1) is 0 Å². The van der Waals surface area contributed by atoms with Crippen molar-refractivity contribution < 1.29 is 0 Å². The van der Waals surface area contributed by atoms with Crippen LogP contribution in [-0.2, 0) is 0 Å². The largest absolute Gasteiger partial charge is 0.356 e. The molecular formula is C22H15NS. The molecule has 24 heavy (non-hydrogen) atoms. The average molecular weight is 325 g/mol. The predicted molar refractivity (Wildman–Crippen MR) is 107 cm³/mol. The molecule has 5 rings (SSSR count). The maximum absolute atomic E-state index is 3.49. The molecular weight excluding hydrogens is 310 g/mol. The Bertz CT molecular complexity index is 1170. The summed E-state index contributed by atoms with van der Waals surface area (Å²) < 4.78 is 2.71. The van der Waals surface area contributed by atoms with Gasteiger partial charge in [-0.2, -0.15) is 0 Å². The molecule has 0 aliphatic heterocycles. The van der Waals surface area contributed by atoms with Crippen molar-refractivity contribution in [2.75, 3.05) is 5.32 Å². The highest BCUT2D eigenvalue weighted by Gasteiger charge is 2.09. The Hall–Kier alpha value is -2.84. The third kappa shape index (κ3) is 2.15. The van der Waals surface area contributed by atoms with Crippen molar-refractivity contribution in [2.45, 2.75) is 0 Å². The van der Waals surface area contributed by atoms with Gasteiger partial charge >= 0.3 is 0 Å². The Balaban J connectivity index is 1.71. The normalized spacial score (nSPS) is 11.3. The van der Waals surface area contributed by atoms with E-state index in [-0.39, 0.29) is 0 Å². The topological polar surface area (TPSA) is 12.0 Å². The summed E-state index contributed by atoms with van der Waals surface area (Å²) in [6.07, 6.45) is 0. The molecule has 0 saturated heterocycles. The fraction of sp³-hybridized carbons (Fsp3) is 0. The molecule has 114 valence electrons. The van der Waals surface area contributed by atoms with Gasteiger partial charge in [0, 0.05) is 31.5 Å². The predicted octanol–water partition coefficient (Wildman–Crippen LogP) is 6.95. The number of thiophene rings is 1. The number of benzene rings is 4. The highest BCUT2D eigenvalue weighted by atomic mass is 32.1. The minimum atomic E-state index is 1.11. The first-order chi connectivity index (χ1) is 11.9. The Kier molecular flexibility index (Phi) is 3.03. The van der Waals surface area contributed by atoms with Crippen molar-refractivity contribution in [3.8, 4) is 0 Å². The minimum absolute atomic E-state index is 1.11. The van der Waals surface area contributed by atoms with Gasteiger partial charge in [-0.15, -0.1) is 11.3 Å². The first-order valence-corrected chi connectivity index (χ1v) is 8.86. The lowest BCUT2D eigenvalue weighted by molar-refractivity contribution is 1.57. The van der Waals surface area contributed by atoms with E-state index in [1.54, 1.807) is 0 Å². The third-order valence-corrected chi connectivity index (χ3v) is 5.64. The van der Waals surface area contributed by atoms with E-state index in [1.807, 2.05) is 29.5 Å². The Morgan fingerprint density at radius 1 is 0.583 bits per heavy atom. The van der Waals surface area contributed by atoms with Gasteiger partial charge in [-0.05, 0) is 41.1 Å². The highest BCUT2D eigenvalue weighted by molar-refractivity contribution is 7.26. The van der Waals surface area contributed by atoms with Gasteiger partial charge in [0.25, 0.3) is 0 Å². The van der Waals surface area contributed by atoms with Crippen molar-refractivity contribution >= 4 is 53.7 Å². The van der Waals surface area contributed by atoms with Gasteiger partial charge in [0.1, 0.15) is 0 Å². The summed E-state index contributed by atoms with van der Waals surface area (Å²) in [6.45, 7) is 0. The number of anilines is 2. The summed E-state index contributed by atoms with van der Waals surface area (Å²) in [4.78, 5) is 0. The Morgan fingerprint density at radius 2 is 1.42 bits per heavy atom. The minimum Gasteiger partial charge on any atom is -0.356 e. The standard InChI is InChI=1S/C22H15NS/c1-2-7-16(8-3-1)23-17-11-13-21-20(14-17)19-12-10-15-6-4-5-9-18(15)22(19)24-21/h1-14,23H. The molecule has 0 bridgehead atoms. The number of nitrogens with one attached hydrogen (secondary N) is 1. The molecule has 5 aromatic rings. The average Bonchev–Trinajstić information content (AvgIpc) is 3.01. The van der Waals surface area contributed by atoms with Crippen molar-refractivity contribution in [1.82, 2.24) is 0 Å². The zero-order chi connectivity index (χ0) is 15.9. The first-order valence-electron chi connectivity index (χ1n) is 8.04. The van der Waals surface area contributed by atoms with Crippen LogP contribution >= 0.6 is 11.3 Å². The molecule has 0 aliphatic carbocycles. The maximum Gasteiger partial charge on any atom is 0.0433 e. The molecule has 0 saturated carbocycles. The molecule has 4 aromatic carbocycles. The van der Waals surface area contributed by atoms with Gasteiger partial charge in [-0.25, -0.2) is 0 Å². The van der Waals surface area contributed by atoms with Crippen LogP contribution in [0.3, 0.4) is 0 Å². The number of rotatable bonds is 2. The lowest BCUT2D eigenvalue weighted by Gasteiger charge is -2.06. The van der Waals surface area contributed by atoms with Crippen molar-refractivity contribution in [1.29, 1.82) is 0 Å². The van der Waals surface area contributed by atoms with E-state index >= 15 is 0 Å². The van der Waals surface area contributed by atoms with E-state index in [1.165, 1.54) is 30.9 Å². The van der Waals surface area contributed by atoms with Crippen LogP contribution in [0.25, 0.3) is 30.9 Å². The van der Waals surface area contributed by atoms with Crippen LogP contribution in [0.15, 0.2) is 84.9 Å². The van der Waals surface area contributed by atoms with Crippen LogP contribution in [0.4, 0.5) is 11.4 Å². The zero-order valence-corrected chi connectivity index (χ0v) is 13.8. The van der Waals surface area contributed by atoms with Crippen molar-refractivity contribution in [3.63, 3.8) is 0 Å². The van der Waals surface area contributed by atoms with Crippen LogP contribution in [0.1, 0.15) is 0 Å². The number of hydrogen-bond acceptors (Lipinski definition) is 2. The molecule has 1 N–H and O–H groups in total. The molecule has 0 aliphatic rings. The SMILES string of the molecule is c1ccc(Nc2ccc3sc4c5ccccc5ccc4c3c2)cc1. The molecule has 0 radical (unpaired) electrons. The molecule has 1 nitrogen and oxygen atoms in total. The smallest absolute Gasteiger partial charge is 0.0433 e. The Morgan fingerprint density at radius 3 is 2.33 bits per heavy atom. The fourth-order valence-electron chi connectivity index (χ4n) is 3.27. The second-order valence-electron chi connectivity index (χ2n) is 5.97. The molecule has 0 atom stereocenters. The van der Waals surface area contributed by atoms with Crippen molar-refractivity contribution in [3.05, 3.63) is 84.9 Å². The number of hydrogen-bond donors (Lipinski definition) is 1.